The molecular formula is C17H18BrN3O5. The lowest BCUT2D eigenvalue weighted by atomic mass is 9.92. The van der Waals surface area contributed by atoms with Crippen molar-refractivity contribution in [3.63, 3.8) is 0 Å². The van der Waals surface area contributed by atoms with Gasteiger partial charge in [0.15, 0.2) is 0 Å². The zero-order valence-electron chi connectivity index (χ0n) is 14.0. The van der Waals surface area contributed by atoms with Crippen LogP contribution in [0.3, 0.4) is 0 Å². The average Bonchev–Trinajstić information content (AvgIpc) is 2.96. The Labute approximate surface area is 158 Å². The van der Waals surface area contributed by atoms with Gasteiger partial charge in [0.1, 0.15) is 11.8 Å². The molecule has 2 rings (SSSR count). The van der Waals surface area contributed by atoms with Crippen LogP contribution in [0.5, 0.6) is 0 Å². The normalized spacial score (nSPS) is 9.85. The third kappa shape index (κ3) is 4.45. The largest absolute Gasteiger partial charge is 0.392 e. The van der Waals surface area contributed by atoms with Crippen LogP contribution in [-0.4, -0.2) is 33.5 Å². The van der Waals surface area contributed by atoms with Gasteiger partial charge in [-0.25, -0.2) is 0 Å². The van der Waals surface area contributed by atoms with E-state index in [2.05, 4.69) is 32.3 Å². The second-order valence-electron chi connectivity index (χ2n) is 5.10. The second-order valence-corrected chi connectivity index (χ2v) is 5.89. The van der Waals surface area contributed by atoms with Gasteiger partial charge in [0.05, 0.1) is 24.3 Å². The molecule has 0 aliphatic rings. The van der Waals surface area contributed by atoms with Crippen LogP contribution in [0.2, 0.25) is 0 Å². The minimum atomic E-state index is -0.284. The summed E-state index contributed by atoms with van der Waals surface area (Å²) in [6, 6.07) is 5.59. The van der Waals surface area contributed by atoms with Crippen molar-refractivity contribution in [1.82, 2.24) is 10.3 Å². The summed E-state index contributed by atoms with van der Waals surface area (Å²) >= 11 is 3.44. The van der Waals surface area contributed by atoms with E-state index in [1.54, 1.807) is 19.2 Å². The summed E-state index contributed by atoms with van der Waals surface area (Å²) in [5.41, 5.74) is 4.29. The summed E-state index contributed by atoms with van der Waals surface area (Å²) in [6.07, 6.45) is 0.250. The van der Waals surface area contributed by atoms with Gasteiger partial charge in [-0.1, -0.05) is 12.1 Å². The molecule has 2 aromatic rings. The smallest absolute Gasteiger partial charge is 0.373 e. The number of aromatic amines is 1. The van der Waals surface area contributed by atoms with Gasteiger partial charge in [-0.15, -0.1) is 0 Å². The van der Waals surface area contributed by atoms with E-state index in [1.807, 2.05) is 0 Å². The van der Waals surface area contributed by atoms with Gasteiger partial charge in [0.25, 0.3) is 0 Å². The van der Waals surface area contributed by atoms with E-state index in [4.69, 9.17) is 9.59 Å². The lowest BCUT2D eigenvalue weighted by Crippen LogP contribution is -2.08. The number of nitrogens with one attached hydrogen (secondary N) is 2. The molecule has 26 heavy (non-hydrogen) atoms. The van der Waals surface area contributed by atoms with Crippen molar-refractivity contribution in [2.24, 2.45) is 0 Å². The minimum Gasteiger partial charge on any atom is -0.392 e. The Hall–Kier alpha value is -2.31. The number of nitrogens with zero attached hydrogens (tertiary/aromatic N) is 1. The number of H-pyrrole nitrogens is 1. The Bertz CT molecular complexity index is 836. The van der Waals surface area contributed by atoms with Gasteiger partial charge >= 0.3 is 6.15 Å². The van der Waals surface area contributed by atoms with Crippen molar-refractivity contribution in [1.29, 1.82) is 5.26 Å². The molecule has 0 aliphatic heterocycles. The molecule has 0 spiro atoms. The van der Waals surface area contributed by atoms with Crippen LogP contribution in [0.1, 0.15) is 28.1 Å². The van der Waals surface area contributed by atoms with Crippen LogP contribution >= 0.6 is 15.9 Å². The Morgan fingerprint density at radius 2 is 1.77 bits per heavy atom. The molecule has 9 heteroatoms. The van der Waals surface area contributed by atoms with Crippen LogP contribution in [0.4, 0.5) is 0 Å². The standard InChI is InChI=1S/C16H18BrN3O3.CO2/c1-19-5-14-15(16(17)13(4-18)20-14)10-3-2-9(6-21)11(7-22)12(10)8-23;2-1-3/h2-3,19-23H,5-8H2,1H3;. The number of carbonyl (C=O) groups excluding carboxylic acids is 2. The SMILES string of the molecule is CNCc1[nH]c(C#N)c(Br)c1-c1ccc(CO)c(CO)c1CO.O=C=O. The number of halogens is 1. The fourth-order valence-electron chi connectivity index (χ4n) is 2.69. The molecule has 8 nitrogen and oxygen atoms in total. The van der Waals surface area contributed by atoms with Crippen molar-refractivity contribution >= 4 is 22.1 Å². The molecule has 0 aliphatic carbocycles. The van der Waals surface area contributed by atoms with E-state index >= 15 is 0 Å². The Morgan fingerprint density at radius 1 is 1.15 bits per heavy atom. The first kappa shape index (κ1) is 21.7. The zero-order valence-corrected chi connectivity index (χ0v) is 15.6. The summed E-state index contributed by atoms with van der Waals surface area (Å²) in [6.45, 7) is -0.271. The zero-order chi connectivity index (χ0) is 19.7. The van der Waals surface area contributed by atoms with E-state index in [0.717, 1.165) is 11.3 Å². The highest BCUT2D eigenvalue weighted by atomic mass is 79.9. The third-order valence-electron chi connectivity index (χ3n) is 3.77. The summed E-state index contributed by atoms with van der Waals surface area (Å²) in [5.74, 6) is 0. The van der Waals surface area contributed by atoms with Crippen LogP contribution in [0.15, 0.2) is 16.6 Å². The minimum absolute atomic E-state index is 0.218. The number of aliphatic hydroxyl groups excluding tert-OH is 3. The first-order valence-corrected chi connectivity index (χ1v) is 8.24. The molecule has 0 unspecified atom stereocenters. The van der Waals surface area contributed by atoms with Crippen molar-refractivity contribution < 1.29 is 24.9 Å². The molecule has 0 radical (unpaired) electrons. The molecular weight excluding hydrogens is 406 g/mol. The van der Waals surface area contributed by atoms with Gasteiger partial charge in [-0.3, -0.25) is 0 Å². The number of nitriles is 1. The second kappa shape index (κ2) is 10.6. The number of benzene rings is 1. The summed E-state index contributed by atoms with van der Waals surface area (Å²) in [5, 5.41) is 41.1. The predicted molar refractivity (Wildman–Crippen MR) is 94.2 cm³/mol. The van der Waals surface area contributed by atoms with Gasteiger partial charge in [0.2, 0.25) is 0 Å². The highest BCUT2D eigenvalue weighted by Gasteiger charge is 2.21. The maximum absolute atomic E-state index is 9.79. The van der Waals surface area contributed by atoms with E-state index < -0.39 is 0 Å². The molecule has 0 saturated heterocycles. The molecule has 0 amide bonds. The fraction of sp³-hybridized carbons (Fsp3) is 0.294. The summed E-state index contributed by atoms with van der Waals surface area (Å²) < 4.78 is 0.612. The number of rotatable bonds is 6. The Kier molecular flexibility index (Phi) is 8.88. The molecule has 1 heterocycles. The fourth-order valence-corrected chi connectivity index (χ4v) is 3.34. The lowest BCUT2D eigenvalue weighted by Gasteiger charge is -2.16. The molecule has 1 aromatic carbocycles. The van der Waals surface area contributed by atoms with Gasteiger partial charge in [-0.05, 0) is 45.2 Å². The highest BCUT2D eigenvalue weighted by molar-refractivity contribution is 9.10. The summed E-state index contributed by atoms with van der Waals surface area (Å²) in [7, 11) is 1.80. The van der Waals surface area contributed by atoms with E-state index in [9.17, 15) is 20.6 Å². The van der Waals surface area contributed by atoms with Crippen LogP contribution in [0.25, 0.3) is 11.1 Å². The summed E-state index contributed by atoms with van der Waals surface area (Å²) in [4.78, 5) is 19.3. The Balaban J connectivity index is 0.00000105. The molecule has 0 saturated carbocycles. The van der Waals surface area contributed by atoms with E-state index in [1.165, 1.54) is 0 Å². The van der Waals surface area contributed by atoms with Gasteiger partial charge < -0.3 is 25.6 Å². The molecule has 138 valence electrons. The van der Waals surface area contributed by atoms with E-state index in [-0.39, 0.29) is 26.0 Å². The first-order chi connectivity index (χ1) is 12.5. The topological polar surface area (TPSA) is 146 Å². The lowest BCUT2D eigenvalue weighted by molar-refractivity contribution is -0.191. The number of aliphatic hydroxyl groups is 3. The Morgan fingerprint density at radius 3 is 2.23 bits per heavy atom. The number of hydrogen-bond acceptors (Lipinski definition) is 7. The maximum atomic E-state index is 9.79. The molecule has 0 fully saturated rings. The van der Waals surface area contributed by atoms with Gasteiger partial charge in [0, 0.05) is 17.8 Å². The van der Waals surface area contributed by atoms with Crippen molar-refractivity contribution in [2.45, 2.75) is 26.4 Å². The van der Waals surface area contributed by atoms with E-state index in [0.29, 0.717) is 39.0 Å². The van der Waals surface area contributed by atoms with Crippen molar-refractivity contribution in [3.05, 3.63) is 44.7 Å². The predicted octanol–water partition coefficient (Wildman–Crippen LogP) is 0.929. The van der Waals surface area contributed by atoms with Crippen molar-refractivity contribution in [2.75, 3.05) is 7.05 Å². The van der Waals surface area contributed by atoms with Crippen LogP contribution < -0.4 is 5.32 Å². The van der Waals surface area contributed by atoms with Crippen LogP contribution in [0, 0.1) is 11.3 Å². The van der Waals surface area contributed by atoms with Crippen molar-refractivity contribution in [3.8, 4) is 17.2 Å². The van der Waals surface area contributed by atoms with Gasteiger partial charge in [-0.2, -0.15) is 14.9 Å². The monoisotopic (exact) mass is 423 g/mol. The number of aromatic nitrogens is 1. The molecule has 0 bridgehead atoms. The molecule has 5 N–H and O–H groups in total. The maximum Gasteiger partial charge on any atom is 0.373 e. The first-order valence-electron chi connectivity index (χ1n) is 7.45. The molecule has 0 atom stereocenters. The number of hydrogen-bond donors (Lipinski definition) is 5. The quantitative estimate of drug-likeness (QED) is 0.464. The average molecular weight is 424 g/mol. The molecule has 1 aromatic heterocycles. The third-order valence-corrected chi connectivity index (χ3v) is 4.56. The highest BCUT2D eigenvalue weighted by Crippen LogP contribution is 2.38. The van der Waals surface area contributed by atoms with Crippen LogP contribution in [-0.2, 0) is 36.0 Å².